The fourth-order valence-electron chi connectivity index (χ4n) is 2.28. The predicted molar refractivity (Wildman–Crippen MR) is 111 cm³/mol. The molecule has 2 N–H and O–H groups in total. The first-order valence-corrected chi connectivity index (χ1v) is 8.72. The molecule has 0 aliphatic carbocycles. The number of thiocarbonyl (C=S) groups is 1. The number of halogens is 1. The van der Waals surface area contributed by atoms with Gasteiger partial charge in [0.2, 0.25) is 0 Å². The van der Waals surface area contributed by atoms with Crippen molar-refractivity contribution in [3.63, 3.8) is 0 Å². The SMILES string of the molecule is Fc1ccc(COc2cccc(C=NNC(=S)Nc3ccccc3)c2)cc1. The molecule has 4 nitrogen and oxygen atoms in total. The number of hydrogen-bond acceptors (Lipinski definition) is 3. The normalized spacial score (nSPS) is 10.6. The number of nitrogens with one attached hydrogen (secondary N) is 2. The number of hydrogen-bond donors (Lipinski definition) is 2. The Kier molecular flexibility index (Phi) is 6.49. The molecular formula is C21H18FN3OS. The standard InChI is InChI=1S/C21H18FN3OS/c22-18-11-9-16(10-12-18)15-26-20-8-4-5-17(13-20)14-23-25-21(27)24-19-6-2-1-3-7-19/h1-14H,15H2,(H2,24,25,27). The van der Waals surface area contributed by atoms with Gasteiger partial charge in [-0.25, -0.2) is 4.39 Å². The van der Waals surface area contributed by atoms with Crippen LogP contribution in [0.25, 0.3) is 0 Å². The Morgan fingerprint density at radius 2 is 1.78 bits per heavy atom. The van der Waals surface area contributed by atoms with Crippen molar-refractivity contribution in [3.8, 4) is 5.75 Å². The summed E-state index contributed by atoms with van der Waals surface area (Å²) in [6, 6.07) is 23.3. The third-order valence-electron chi connectivity index (χ3n) is 3.59. The highest BCUT2D eigenvalue weighted by atomic mass is 32.1. The summed E-state index contributed by atoms with van der Waals surface area (Å²) in [6.07, 6.45) is 1.66. The number of benzene rings is 3. The second-order valence-corrected chi connectivity index (χ2v) is 6.09. The molecule has 0 aliphatic heterocycles. The van der Waals surface area contributed by atoms with Crippen molar-refractivity contribution in [2.45, 2.75) is 6.61 Å². The van der Waals surface area contributed by atoms with E-state index >= 15 is 0 Å². The Morgan fingerprint density at radius 3 is 2.56 bits per heavy atom. The topological polar surface area (TPSA) is 45.6 Å². The van der Waals surface area contributed by atoms with E-state index in [1.807, 2.05) is 54.6 Å². The van der Waals surface area contributed by atoms with Crippen LogP contribution >= 0.6 is 12.2 Å². The van der Waals surface area contributed by atoms with Crippen LogP contribution in [0.15, 0.2) is 84.0 Å². The number of anilines is 1. The van der Waals surface area contributed by atoms with Crippen LogP contribution in [-0.2, 0) is 6.61 Å². The molecule has 0 unspecified atom stereocenters. The molecule has 3 rings (SSSR count). The molecule has 136 valence electrons. The van der Waals surface area contributed by atoms with E-state index in [1.54, 1.807) is 18.3 Å². The first kappa shape index (κ1) is 18.5. The van der Waals surface area contributed by atoms with Crippen LogP contribution in [0.5, 0.6) is 5.75 Å². The molecule has 6 heteroatoms. The van der Waals surface area contributed by atoms with Crippen molar-refractivity contribution in [1.29, 1.82) is 0 Å². The van der Waals surface area contributed by atoms with E-state index in [2.05, 4.69) is 15.8 Å². The lowest BCUT2D eigenvalue weighted by atomic mass is 10.2. The minimum atomic E-state index is -0.260. The molecule has 0 aromatic heterocycles. The van der Waals surface area contributed by atoms with Crippen LogP contribution in [0.1, 0.15) is 11.1 Å². The van der Waals surface area contributed by atoms with Crippen LogP contribution in [0.2, 0.25) is 0 Å². The van der Waals surface area contributed by atoms with Gasteiger partial charge in [-0.1, -0.05) is 42.5 Å². The van der Waals surface area contributed by atoms with E-state index in [-0.39, 0.29) is 5.82 Å². The smallest absolute Gasteiger partial charge is 0.191 e. The molecule has 3 aromatic rings. The van der Waals surface area contributed by atoms with Crippen molar-refractivity contribution in [3.05, 3.63) is 95.8 Å². The van der Waals surface area contributed by atoms with Gasteiger partial charge in [-0.3, -0.25) is 5.43 Å². The van der Waals surface area contributed by atoms with Gasteiger partial charge >= 0.3 is 0 Å². The van der Waals surface area contributed by atoms with Gasteiger partial charge in [0, 0.05) is 5.69 Å². The van der Waals surface area contributed by atoms with E-state index in [4.69, 9.17) is 17.0 Å². The molecular weight excluding hydrogens is 361 g/mol. The Bertz CT molecular complexity index is 914. The Hall–Kier alpha value is -3.25. The lowest BCUT2D eigenvalue weighted by Gasteiger charge is -2.07. The van der Waals surface area contributed by atoms with Gasteiger partial charge in [0.05, 0.1) is 6.21 Å². The van der Waals surface area contributed by atoms with E-state index in [0.29, 0.717) is 17.5 Å². The summed E-state index contributed by atoms with van der Waals surface area (Å²) in [4.78, 5) is 0. The minimum Gasteiger partial charge on any atom is -0.489 e. The molecule has 0 amide bonds. The molecule has 0 atom stereocenters. The van der Waals surface area contributed by atoms with E-state index in [9.17, 15) is 4.39 Å². The number of nitrogens with zero attached hydrogens (tertiary/aromatic N) is 1. The van der Waals surface area contributed by atoms with Crippen LogP contribution in [0.3, 0.4) is 0 Å². The fourth-order valence-corrected chi connectivity index (χ4v) is 2.45. The second-order valence-electron chi connectivity index (χ2n) is 5.68. The highest BCUT2D eigenvalue weighted by Crippen LogP contribution is 2.14. The van der Waals surface area contributed by atoms with Crippen molar-refractivity contribution >= 4 is 29.2 Å². The zero-order valence-electron chi connectivity index (χ0n) is 14.4. The first-order valence-electron chi connectivity index (χ1n) is 8.31. The molecule has 0 radical (unpaired) electrons. The second kappa shape index (κ2) is 9.45. The molecule has 0 saturated heterocycles. The van der Waals surface area contributed by atoms with Crippen molar-refractivity contribution in [2.24, 2.45) is 5.10 Å². The van der Waals surface area contributed by atoms with Gasteiger partial charge in [0.1, 0.15) is 18.2 Å². The summed E-state index contributed by atoms with van der Waals surface area (Å²) in [5.41, 5.74) is 5.43. The number of hydrazone groups is 1. The van der Waals surface area contributed by atoms with Gasteiger partial charge in [0.15, 0.2) is 5.11 Å². The summed E-state index contributed by atoms with van der Waals surface area (Å²) in [5.74, 6) is 0.442. The van der Waals surface area contributed by atoms with E-state index in [1.165, 1.54) is 12.1 Å². The first-order chi connectivity index (χ1) is 13.2. The van der Waals surface area contributed by atoms with Gasteiger partial charge in [-0.15, -0.1) is 0 Å². The molecule has 0 spiro atoms. The Morgan fingerprint density at radius 1 is 1.00 bits per heavy atom. The maximum atomic E-state index is 12.9. The van der Waals surface area contributed by atoms with Gasteiger partial charge in [0.25, 0.3) is 0 Å². The molecule has 3 aromatic carbocycles. The third kappa shape index (κ3) is 6.20. The monoisotopic (exact) mass is 379 g/mol. The largest absolute Gasteiger partial charge is 0.489 e. The van der Waals surface area contributed by atoms with Crippen molar-refractivity contribution < 1.29 is 9.13 Å². The van der Waals surface area contributed by atoms with Crippen molar-refractivity contribution in [2.75, 3.05) is 5.32 Å². The maximum absolute atomic E-state index is 12.9. The van der Waals surface area contributed by atoms with Gasteiger partial charge < -0.3 is 10.1 Å². The van der Waals surface area contributed by atoms with E-state index < -0.39 is 0 Å². The van der Waals surface area contributed by atoms with Crippen LogP contribution < -0.4 is 15.5 Å². The summed E-state index contributed by atoms with van der Waals surface area (Å²) >= 11 is 5.19. The summed E-state index contributed by atoms with van der Waals surface area (Å²) in [5, 5.41) is 7.57. The summed E-state index contributed by atoms with van der Waals surface area (Å²) in [6.45, 7) is 0.365. The zero-order chi connectivity index (χ0) is 18.9. The summed E-state index contributed by atoms with van der Waals surface area (Å²) < 4.78 is 18.7. The lowest BCUT2D eigenvalue weighted by Crippen LogP contribution is -2.23. The average Bonchev–Trinajstić information content (AvgIpc) is 2.69. The molecule has 0 bridgehead atoms. The van der Waals surface area contributed by atoms with Gasteiger partial charge in [-0.2, -0.15) is 5.10 Å². The Balaban J connectivity index is 1.51. The van der Waals surface area contributed by atoms with Crippen molar-refractivity contribution in [1.82, 2.24) is 5.43 Å². The molecule has 0 heterocycles. The highest BCUT2D eigenvalue weighted by Gasteiger charge is 1.99. The Labute approximate surface area is 162 Å². The number of ether oxygens (including phenoxy) is 1. The minimum absolute atomic E-state index is 0.260. The molecule has 0 saturated carbocycles. The number of rotatable bonds is 6. The maximum Gasteiger partial charge on any atom is 0.191 e. The van der Waals surface area contributed by atoms with Crippen LogP contribution in [0, 0.1) is 5.82 Å². The molecule has 27 heavy (non-hydrogen) atoms. The van der Waals surface area contributed by atoms with Gasteiger partial charge in [-0.05, 0) is 59.7 Å². The lowest BCUT2D eigenvalue weighted by molar-refractivity contribution is 0.306. The number of para-hydroxylation sites is 1. The summed E-state index contributed by atoms with van der Waals surface area (Å²) in [7, 11) is 0. The average molecular weight is 379 g/mol. The fraction of sp³-hybridized carbons (Fsp3) is 0.0476. The molecule has 0 fully saturated rings. The highest BCUT2D eigenvalue weighted by molar-refractivity contribution is 7.80. The molecule has 0 aliphatic rings. The predicted octanol–water partition coefficient (Wildman–Crippen LogP) is 4.73. The third-order valence-corrected chi connectivity index (χ3v) is 3.78. The van der Waals surface area contributed by atoms with E-state index in [0.717, 1.165) is 16.8 Å². The quantitative estimate of drug-likeness (QED) is 0.369. The zero-order valence-corrected chi connectivity index (χ0v) is 15.2. The van der Waals surface area contributed by atoms with Crippen LogP contribution in [-0.4, -0.2) is 11.3 Å². The van der Waals surface area contributed by atoms with Crippen LogP contribution in [0.4, 0.5) is 10.1 Å².